The molecule has 4 nitrogen and oxygen atoms in total. The molecule has 0 amide bonds. The van der Waals surface area contributed by atoms with Gasteiger partial charge < -0.3 is 9.67 Å². The Kier molecular flexibility index (Phi) is 3.22. The van der Waals surface area contributed by atoms with Gasteiger partial charge in [-0.15, -0.1) is 0 Å². The van der Waals surface area contributed by atoms with Crippen molar-refractivity contribution in [2.45, 2.75) is 19.9 Å². The molecule has 3 aromatic rings. The van der Waals surface area contributed by atoms with E-state index in [9.17, 15) is 9.90 Å². The van der Waals surface area contributed by atoms with Gasteiger partial charge in [-0.2, -0.15) is 0 Å². The van der Waals surface area contributed by atoms with Gasteiger partial charge >= 0.3 is 5.97 Å². The number of pyridine rings is 1. The minimum absolute atomic E-state index is 0.0247. The molecule has 0 saturated heterocycles. The normalized spacial score (nSPS) is 12.5. The van der Waals surface area contributed by atoms with E-state index in [1.165, 1.54) is 0 Å². The van der Waals surface area contributed by atoms with Gasteiger partial charge in [-0.05, 0) is 31.5 Å². The first-order chi connectivity index (χ1) is 10.1. The van der Waals surface area contributed by atoms with Crippen LogP contribution >= 0.6 is 0 Å². The van der Waals surface area contributed by atoms with E-state index in [4.69, 9.17) is 0 Å². The molecule has 0 aliphatic carbocycles. The Morgan fingerprint density at radius 2 is 1.90 bits per heavy atom. The highest BCUT2D eigenvalue weighted by Crippen LogP contribution is 2.30. The third kappa shape index (κ3) is 2.09. The maximum absolute atomic E-state index is 11.6. The molecule has 2 aromatic heterocycles. The number of rotatable bonds is 3. The van der Waals surface area contributed by atoms with Gasteiger partial charge in [0.2, 0.25) is 0 Å². The van der Waals surface area contributed by atoms with E-state index >= 15 is 0 Å². The van der Waals surface area contributed by atoms with Crippen LogP contribution in [0.15, 0.2) is 48.7 Å². The molecular weight excluding hydrogens is 264 g/mol. The van der Waals surface area contributed by atoms with E-state index in [1.807, 2.05) is 47.9 Å². The highest BCUT2D eigenvalue weighted by atomic mass is 16.4. The first kappa shape index (κ1) is 13.4. The molecule has 3 rings (SSSR count). The number of hydrogen-bond donors (Lipinski definition) is 1. The molecule has 1 aromatic carbocycles. The van der Waals surface area contributed by atoms with Crippen molar-refractivity contribution in [2.75, 3.05) is 0 Å². The Bertz CT molecular complexity index is 806. The highest BCUT2D eigenvalue weighted by Gasteiger charge is 2.23. The van der Waals surface area contributed by atoms with Gasteiger partial charge in [0.25, 0.3) is 0 Å². The number of nitrogens with zero attached hydrogens (tertiary/aromatic N) is 2. The number of carbonyl (C=O) groups is 1. The van der Waals surface area contributed by atoms with E-state index in [0.29, 0.717) is 16.6 Å². The predicted octanol–water partition coefficient (Wildman–Crippen LogP) is 3.65. The molecule has 1 atom stereocenters. The van der Waals surface area contributed by atoms with Crippen LogP contribution in [0.25, 0.3) is 11.0 Å². The van der Waals surface area contributed by atoms with Gasteiger partial charge in [-0.3, -0.25) is 0 Å². The summed E-state index contributed by atoms with van der Waals surface area (Å²) in [5.41, 5.74) is 2.90. The number of hydrogen-bond acceptors (Lipinski definition) is 2. The Morgan fingerprint density at radius 1 is 1.19 bits per heavy atom. The van der Waals surface area contributed by atoms with E-state index in [2.05, 4.69) is 11.9 Å². The van der Waals surface area contributed by atoms with E-state index in [1.54, 1.807) is 12.3 Å². The predicted molar refractivity (Wildman–Crippen MR) is 81.7 cm³/mol. The second-order valence-corrected chi connectivity index (χ2v) is 5.10. The van der Waals surface area contributed by atoms with Crippen LogP contribution in [0, 0.1) is 6.92 Å². The molecule has 0 saturated carbocycles. The molecule has 0 bridgehead atoms. The molecule has 21 heavy (non-hydrogen) atoms. The van der Waals surface area contributed by atoms with Crippen molar-refractivity contribution in [1.82, 2.24) is 9.55 Å². The summed E-state index contributed by atoms with van der Waals surface area (Å²) in [5.74, 6) is -0.912. The molecule has 2 heterocycles. The van der Waals surface area contributed by atoms with Crippen molar-refractivity contribution in [2.24, 2.45) is 0 Å². The van der Waals surface area contributed by atoms with Crippen LogP contribution < -0.4 is 0 Å². The van der Waals surface area contributed by atoms with Gasteiger partial charge in [-0.25, -0.2) is 9.78 Å². The summed E-state index contributed by atoms with van der Waals surface area (Å²) in [4.78, 5) is 16.0. The number of carboxylic acids is 1. The standard InChI is InChI=1S/C17H16N2O2/c1-11(13-7-4-3-5-8-13)19-12(2)15(17(20)21)14-9-6-10-18-16(14)19/h3-11H,1-2H3,(H,20,21)/t11-/m0/s1. The topological polar surface area (TPSA) is 55.1 Å². The van der Waals surface area contributed by atoms with Crippen molar-refractivity contribution in [3.63, 3.8) is 0 Å². The number of aromatic carboxylic acids is 1. The van der Waals surface area contributed by atoms with E-state index in [-0.39, 0.29) is 6.04 Å². The zero-order valence-electron chi connectivity index (χ0n) is 11.9. The molecule has 0 spiro atoms. The van der Waals surface area contributed by atoms with Crippen LogP contribution in [-0.2, 0) is 0 Å². The molecule has 0 radical (unpaired) electrons. The van der Waals surface area contributed by atoms with Crippen molar-refractivity contribution in [1.29, 1.82) is 0 Å². The zero-order valence-corrected chi connectivity index (χ0v) is 11.9. The van der Waals surface area contributed by atoms with Crippen LogP contribution in [0.4, 0.5) is 0 Å². The Balaban J connectivity index is 2.28. The van der Waals surface area contributed by atoms with E-state index in [0.717, 1.165) is 11.3 Å². The second-order valence-electron chi connectivity index (χ2n) is 5.10. The van der Waals surface area contributed by atoms with Gasteiger partial charge in [0.15, 0.2) is 0 Å². The lowest BCUT2D eigenvalue weighted by molar-refractivity contribution is 0.0698. The third-order valence-corrected chi connectivity index (χ3v) is 3.89. The Hall–Kier alpha value is -2.62. The summed E-state index contributed by atoms with van der Waals surface area (Å²) in [7, 11) is 0. The lowest BCUT2D eigenvalue weighted by Crippen LogP contribution is -2.10. The summed E-state index contributed by atoms with van der Waals surface area (Å²) in [5, 5.41) is 10.2. The largest absolute Gasteiger partial charge is 0.478 e. The van der Waals surface area contributed by atoms with Gasteiger partial charge in [-0.1, -0.05) is 30.3 Å². The molecule has 1 N–H and O–H groups in total. The minimum atomic E-state index is -0.912. The Labute approximate surface area is 122 Å². The summed E-state index contributed by atoms with van der Waals surface area (Å²) in [6, 6.07) is 13.6. The smallest absolute Gasteiger partial charge is 0.338 e. The Morgan fingerprint density at radius 3 is 2.57 bits per heavy atom. The molecule has 0 fully saturated rings. The fourth-order valence-corrected chi connectivity index (χ4v) is 2.88. The number of aromatic nitrogens is 2. The van der Waals surface area contributed by atoms with Crippen molar-refractivity contribution < 1.29 is 9.90 Å². The lowest BCUT2D eigenvalue weighted by atomic mass is 10.1. The average Bonchev–Trinajstić information content (AvgIpc) is 2.79. The summed E-state index contributed by atoms with van der Waals surface area (Å²) in [6.45, 7) is 3.90. The minimum Gasteiger partial charge on any atom is -0.478 e. The van der Waals surface area contributed by atoms with Crippen molar-refractivity contribution in [3.05, 3.63) is 65.5 Å². The highest BCUT2D eigenvalue weighted by molar-refractivity contribution is 6.04. The van der Waals surface area contributed by atoms with Crippen molar-refractivity contribution in [3.8, 4) is 0 Å². The molecule has 0 aliphatic rings. The van der Waals surface area contributed by atoms with Crippen molar-refractivity contribution >= 4 is 17.0 Å². The van der Waals surface area contributed by atoms with E-state index < -0.39 is 5.97 Å². The summed E-state index contributed by atoms with van der Waals surface area (Å²) >= 11 is 0. The van der Waals surface area contributed by atoms with Gasteiger partial charge in [0, 0.05) is 17.3 Å². The molecule has 0 aliphatic heterocycles. The van der Waals surface area contributed by atoms with Gasteiger partial charge in [0.1, 0.15) is 5.65 Å². The number of carboxylic acid groups (broad SMARTS) is 1. The maximum atomic E-state index is 11.6. The lowest BCUT2D eigenvalue weighted by Gasteiger charge is -2.17. The molecule has 106 valence electrons. The zero-order chi connectivity index (χ0) is 15.0. The third-order valence-electron chi connectivity index (χ3n) is 3.89. The quantitative estimate of drug-likeness (QED) is 0.796. The molecular formula is C17H16N2O2. The first-order valence-corrected chi connectivity index (χ1v) is 6.85. The number of fused-ring (bicyclic) bond motifs is 1. The van der Waals surface area contributed by atoms with Crippen LogP contribution in [0.2, 0.25) is 0 Å². The second kappa shape index (κ2) is 5.05. The molecule has 0 unspecified atom stereocenters. The number of benzene rings is 1. The fraction of sp³-hybridized carbons (Fsp3) is 0.176. The summed E-state index contributed by atoms with van der Waals surface area (Å²) in [6.07, 6.45) is 1.70. The van der Waals surface area contributed by atoms with Crippen LogP contribution in [-0.4, -0.2) is 20.6 Å². The fourth-order valence-electron chi connectivity index (χ4n) is 2.88. The SMILES string of the molecule is Cc1c(C(=O)O)c2cccnc2n1[C@@H](C)c1ccccc1. The van der Waals surface area contributed by atoms with Crippen LogP contribution in [0.3, 0.4) is 0 Å². The van der Waals surface area contributed by atoms with Gasteiger partial charge in [0.05, 0.1) is 11.6 Å². The van der Waals surface area contributed by atoms with Crippen LogP contribution in [0.5, 0.6) is 0 Å². The first-order valence-electron chi connectivity index (χ1n) is 6.85. The van der Waals surface area contributed by atoms with Crippen LogP contribution in [0.1, 0.15) is 34.6 Å². The maximum Gasteiger partial charge on any atom is 0.338 e. The molecule has 4 heteroatoms. The average molecular weight is 280 g/mol. The summed E-state index contributed by atoms with van der Waals surface area (Å²) < 4.78 is 1.99. The monoisotopic (exact) mass is 280 g/mol.